The minimum Gasteiger partial charge on any atom is -0.463 e. The maximum atomic E-state index is 13.5. The van der Waals surface area contributed by atoms with Crippen molar-refractivity contribution in [3.8, 4) is 11.1 Å². The van der Waals surface area contributed by atoms with E-state index in [1.54, 1.807) is 19.2 Å². The van der Waals surface area contributed by atoms with Gasteiger partial charge >= 0.3 is 5.97 Å². The van der Waals surface area contributed by atoms with Crippen LogP contribution in [0.25, 0.3) is 17.2 Å². The molecule has 168 valence electrons. The van der Waals surface area contributed by atoms with E-state index in [-0.39, 0.29) is 11.0 Å². The second-order valence-electron chi connectivity index (χ2n) is 6.56. The Balaban J connectivity index is 1.98. The normalized spacial score (nSPS) is 10.6. The van der Waals surface area contributed by atoms with Gasteiger partial charge in [-0.3, -0.25) is 0 Å². The fourth-order valence-electron chi connectivity index (χ4n) is 2.89. The fraction of sp³-hybridized carbons (Fsp3) is 0.0833. The van der Waals surface area contributed by atoms with E-state index in [1.807, 2.05) is 24.3 Å². The van der Waals surface area contributed by atoms with E-state index >= 15 is 0 Å². The number of halogens is 2. The Morgan fingerprint density at radius 3 is 2.85 bits per heavy atom. The maximum Gasteiger partial charge on any atom is 0.330 e. The van der Waals surface area contributed by atoms with Gasteiger partial charge in [0.1, 0.15) is 5.82 Å². The van der Waals surface area contributed by atoms with Crippen LogP contribution in [0.2, 0.25) is 5.02 Å². The number of anilines is 3. The van der Waals surface area contributed by atoms with Crippen molar-refractivity contribution < 1.29 is 13.9 Å². The van der Waals surface area contributed by atoms with Crippen molar-refractivity contribution in [3.05, 3.63) is 83.9 Å². The predicted octanol–water partition coefficient (Wildman–Crippen LogP) is 5.82. The lowest BCUT2D eigenvalue weighted by molar-refractivity contribution is -0.137. The number of hydrogen-bond acceptors (Lipinski definition) is 7. The molecule has 3 aromatic rings. The zero-order valence-corrected chi connectivity index (χ0v) is 18.6. The lowest BCUT2D eigenvalue weighted by atomic mass is 10.0. The molecule has 1 heterocycles. The van der Waals surface area contributed by atoms with Crippen LogP contribution in [0.4, 0.5) is 21.8 Å². The van der Waals surface area contributed by atoms with E-state index in [0.717, 1.165) is 11.1 Å². The van der Waals surface area contributed by atoms with Crippen LogP contribution < -0.4 is 10.3 Å². The van der Waals surface area contributed by atoms with Gasteiger partial charge in [0.05, 0.1) is 11.6 Å². The summed E-state index contributed by atoms with van der Waals surface area (Å²) in [6, 6.07) is 11.6. The molecule has 7 nitrogen and oxygen atoms in total. The zero-order valence-electron chi connectivity index (χ0n) is 17.8. The molecule has 1 aromatic heterocycles. The molecule has 33 heavy (non-hydrogen) atoms. The first kappa shape index (κ1) is 23.6. The number of ether oxygens (including phenoxy) is 1. The van der Waals surface area contributed by atoms with Crippen LogP contribution in [0.15, 0.2) is 72.6 Å². The smallest absolute Gasteiger partial charge is 0.330 e. The van der Waals surface area contributed by atoms with E-state index < -0.39 is 11.8 Å². The van der Waals surface area contributed by atoms with Gasteiger partial charge in [-0.2, -0.15) is 10.1 Å². The average molecular weight is 466 g/mol. The maximum absolute atomic E-state index is 13.5. The van der Waals surface area contributed by atoms with E-state index in [2.05, 4.69) is 33.7 Å². The third-order valence-electron chi connectivity index (χ3n) is 4.38. The molecule has 2 aromatic carbocycles. The number of esters is 1. The van der Waals surface area contributed by atoms with Crippen LogP contribution >= 0.6 is 11.6 Å². The monoisotopic (exact) mass is 465 g/mol. The number of rotatable bonds is 9. The Morgan fingerprint density at radius 2 is 2.15 bits per heavy atom. The van der Waals surface area contributed by atoms with Crippen molar-refractivity contribution >= 4 is 47.8 Å². The Morgan fingerprint density at radius 1 is 1.33 bits per heavy atom. The van der Waals surface area contributed by atoms with Crippen LogP contribution in [-0.4, -0.2) is 29.3 Å². The van der Waals surface area contributed by atoms with Crippen molar-refractivity contribution in [1.29, 1.82) is 0 Å². The highest BCUT2D eigenvalue weighted by Gasteiger charge is 2.15. The standard InChI is InChI=1S/C24H21ClFN5O2/c1-4-31(27-3)23-19(17-8-6-7-16(13-17)9-12-22(32)33-5-2)15-28-24(30-23)29-18-10-11-21(26)20(25)14-18/h4,6-15H,1,3,5H2,2H3,(H,28,29,30)/b12-9+. The first-order valence-corrected chi connectivity index (χ1v) is 10.3. The molecule has 0 aliphatic heterocycles. The zero-order chi connectivity index (χ0) is 23.8. The summed E-state index contributed by atoms with van der Waals surface area (Å²) >= 11 is 5.85. The lowest BCUT2D eigenvalue weighted by Crippen LogP contribution is -2.11. The van der Waals surface area contributed by atoms with E-state index in [9.17, 15) is 9.18 Å². The highest BCUT2D eigenvalue weighted by Crippen LogP contribution is 2.31. The Labute approximate surface area is 195 Å². The number of hydrogen-bond donors (Lipinski definition) is 1. The minimum atomic E-state index is -0.523. The molecule has 0 atom stereocenters. The van der Waals surface area contributed by atoms with Crippen LogP contribution in [-0.2, 0) is 9.53 Å². The molecular weight excluding hydrogens is 445 g/mol. The molecule has 9 heteroatoms. The SMILES string of the molecule is C=CN(N=C)c1nc(Nc2ccc(F)c(Cl)c2)ncc1-c1cccc(/C=C/C(=O)OCC)c1. The number of benzene rings is 2. The van der Waals surface area contributed by atoms with Gasteiger partial charge < -0.3 is 10.1 Å². The summed E-state index contributed by atoms with van der Waals surface area (Å²) in [6.07, 6.45) is 6.10. The van der Waals surface area contributed by atoms with Crippen molar-refractivity contribution in [1.82, 2.24) is 9.97 Å². The molecule has 0 saturated heterocycles. The van der Waals surface area contributed by atoms with Gasteiger partial charge in [0, 0.05) is 36.4 Å². The molecular formula is C24H21ClFN5O2. The molecule has 0 bridgehead atoms. The van der Waals surface area contributed by atoms with Crippen molar-refractivity contribution in [2.24, 2.45) is 5.10 Å². The quantitative estimate of drug-likeness (QED) is 0.185. The molecule has 0 radical (unpaired) electrons. The third-order valence-corrected chi connectivity index (χ3v) is 4.67. The summed E-state index contributed by atoms with van der Waals surface area (Å²) in [5.74, 6) is -0.288. The fourth-order valence-corrected chi connectivity index (χ4v) is 3.07. The molecule has 0 saturated carbocycles. The van der Waals surface area contributed by atoms with Gasteiger partial charge in [-0.15, -0.1) is 0 Å². The molecule has 0 spiro atoms. The second-order valence-corrected chi connectivity index (χ2v) is 6.97. The van der Waals surface area contributed by atoms with E-state index in [0.29, 0.717) is 23.7 Å². The third kappa shape index (κ3) is 6.02. The van der Waals surface area contributed by atoms with Gasteiger partial charge in [-0.05, 0) is 48.4 Å². The summed E-state index contributed by atoms with van der Waals surface area (Å²) in [6.45, 7) is 9.37. The number of aromatic nitrogens is 2. The Hall–Kier alpha value is -4.04. The summed E-state index contributed by atoms with van der Waals surface area (Å²) in [5.41, 5.74) is 2.73. The minimum absolute atomic E-state index is 0.0231. The first-order valence-electron chi connectivity index (χ1n) is 9.88. The molecule has 0 aliphatic rings. The summed E-state index contributed by atoms with van der Waals surface area (Å²) in [4.78, 5) is 20.5. The molecule has 1 N–H and O–H groups in total. The van der Waals surface area contributed by atoms with Crippen LogP contribution in [0.1, 0.15) is 12.5 Å². The lowest BCUT2D eigenvalue weighted by Gasteiger charge is -2.17. The molecule has 0 unspecified atom stereocenters. The van der Waals surface area contributed by atoms with Gasteiger partial charge in [0.25, 0.3) is 0 Å². The van der Waals surface area contributed by atoms with Gasteiger partial charge in [0.2, 0.25) is 5.95 Å². The van der Waals surface area contributed by atoms with E-state index in [1.165, 1.54) is 35.5 Å². The van der Waals surface area contributed by atoms with Crippen molar-refractivity contribution in [2.75, 3.05) is 16.9 Å². The largest absolute Gasteiger partial charge is 0.463 e. The number of nitrogens with zero attached hydrogens (tertiary/aromatic N) is 4. The van der Waals surface area contributed by atoms with Crippen molar-refractivity contribution in [2.45, 2.75) is 6.92 Å². The van der Waals surface area contributed by atoms with Gasteiger partial charge in [-0.1, -0.05) is 36.4 Å². The van der Waals surface area contributed by atoms with Crippen molar-refractivity contribution in [3.63, 3.8) is 0 Å². The number of carbonyl (C=O) groups is 1. The van der Waals surface area contributed by atoms with Crippen LogP contribution in [0.3, 0.4) is 0 Å². The first-order chi connectivity index (χ1) is 15.9. The molecule has 0 fully saturated rings. The Bertz CT molecular complexity index is 1210. The summed E-state index contributed by atoms with van der Waals surface area (Å²) < 4.78 is 18.4. The van der Waals surface area contributed by atoms with E-state index in [4.69, 9.17) is 16.3 Å². The number of hydrazone groups is 1. The highest BCUT2D eigenvalue weighted by atomic mass is 35.5. The summed E-state index contributed by atoms with van der Waals surface area (Å²) in [5, 5.41) is 8.31. The van der Waals surface area contributed by atoms with Crippen LogP contribution in [0.5, 0.6) is 0 Å². The average Bonchev–Trinajstić information content (AvgIpc) is 2.81. The highest BCUT2D eigenvalue weighted by molar-refractivity contribution is 6.31. The molecule has 0 aliphatic carbocycles. The Kier molecular flexibility index (Phi) is 7.88. The van der Waals surface area contributed by atoms with Gasteiger partial charge in [-0.25, -0.2) is 19.2 Å². The number of carbonyl (C=O) groups excluding carboxylic acids is 1. The number of nitrogens with one attached hydrogen (secondary N) is 1. The predicted molar refractivity (Wildman–Crippen MR) is 130 cm³/mol. The molecule has 3 rings (SSSR count). The van der Waals surface area contributed by atoms with Gasteiger partial charge in [0.15, 0.2) is 5.82 Å². The topological polar surface area (TPSA) is 79.7 Å². The summed E-state index contributed by atoms with van der Waals surface area (Å²) in [7, 11) is 0. The second kappa shape index (κ2) is 11.0. The van der Waals surface area contributed by atoms with Crippen LogP contribution in [0, 0.1) is 5.82 Å². The molecule has 0 amide bonds.